The van der Waals surface area contributed by atoms with Crippen molar-refractivity contribution in [2.75, 3.05) is 43.4 Å². The van der Waals surface area contributed by atoms with E-state index in [1.165, 1.54) is 4.88 Å². The monoisotopic (exact) mass is 263 g/mol. The summed E-state index contributed by atoms with van der Waals surface area (Å²) in [6, 6.07) is 2.15. The Hall–Kier alpha value is -1.40. The van der Waals surface area contributed by atoms with Gasteiger partial charge in [-0.1, -0.05) is 0 Å². The zero-order valence-electron chi connectivity index (χ0n) is 10.7. The molecule has 1 aliphatic heterocycles. The molecule has 1 aliphatic rings. The van der Waals surface area contributed by atoms with Gasteiger partial charge < -0.3 is 15.5 Å². The molecule has 3 rings (SSSR count). The summed E-state index contributed by atoms with van der Waals surface area (Å²) < 4.78 is 0. The summed E-state index contributed by atoms with van der Waals surface area (Å²) in [5.41, 5.74) is 0. The van der Waals surface area contributed by atoms with Gasteiger partial charge in [-0.3, -0.25) is 0 Å². The molecule has 0 atom stereocenters. The SMILES string of the molecule is CNc1nc(N2CCNCC2)nc2sc(C)cc12. The molecule has 6 heteroatoms. The maximum atomic E-state index is 4.69. The Balaban J connectivity index is 2.06. The van der Waals surface area contributed by atoms with Crippen LogP contribution in [0.3, 0.4) is 0 Å². The van der Waals surface area contributed by atoms with Gasteiger partial charge in [0.2, 0.25) is 5.95 Å². The van der Waals surface area contributed by atoms with E-state index in [9.17, 15) is 0 Å². The van der Waals surface area contributed by atoms with Crippen molar-refractivity contribution in [3.05, 3.63) is 10.9 Å². The summed E-state index contributed by atoms with van der Waals surface area (Å²) in [5.74, 6) is 1.77. The molecule has 0 spiro atoms. The minimum Gasteiger partial charge on any atom is -0.372 e. The van der Waals surface area contributed by atoms with Crippen LogP contribution in [0.1, 0.15) is 4.88 Å². The Morgan fingerprint density at radius 3 is 2.83 bits per heavy atom. The molecule has 0 unspecified atom stereocenters. The third kappa shape index (κ3) is 2.02. The van der Waals surface area contributed by atoms with E-state index in [1.54, 1.807) is 11.3 Å². The van der Waals surface area contributed by atoms with Crippen LogP contribution in [0.2, 0.25) is 0 Å². The summed E-state index contributed by atoms with van der Waals surface area (Å²) >= 11 is 1.73. The van der Waals surface area contributed by atoms with E-state index >= 15 is 0 Å². The predicted octanol–water partition coefficient (Wildman–Crippen LogP) is 1.45. The molecule has 1 fully saturated rings. The van der Waals surface area contributed by atoms with Gasteiger partial charge >= 0.3 is 0 Å². The molecule has 3 heterocycles. The van der Waals surface area contributed by atoms with Crippen molar-refractivity contribution in [3.63, 3.8) is 0 Å². The van der Waals surface area contributed by atoms with Crippen molar-refractivity contribution >= 4 is 33.3 Å². The second kappa shape index (κ2) is 4.70. The summed E-state index contributed by atoms with van der Waals surface area (Å²) in [5, 5.41) is 7.64. The summed E-state index contributed by atoms with van der Waals surface area (Å²) in [7, 11) is 1.91. The van der Waals surface area contributed by atoms with Crippen molar-refractivity contribution < 1.29 is 0 Å². The first kappa shape index (κ1) is 11.7. The third-order valence-electron chi connectivity index (χ3n) is 3.14. The van der Waals surface area contributed by atoms with E-state index in [-0.39, 0.29) is 0 Å². The summed E-state index contributed by atoms with van der Waals surface area (Å²) in [4.78, 5) is 13.9. The number of rotatable bonds is 2. The maximum Gasteiger partial charge on any atom is 0.228 e. The molecule has 96 valence electrons. The summed E-state index contributed by atoms with van der Waals surface area (Å²) in [6.45, 7) is 6.05. The fourth-order valence-corrected chi connectivity index (χ4v) is 3.10. The summed E-state index contributed by atoms with van der Waals surface area (Å²) in [6.07, 6.45) is 0. The van der Waals surface area contributed by atoms with E-state index in [1.807, 2.05) is 7.05 Å². The molecule has 5 nitrogen and oxygen atoms in total. The lowest BCUT2D eigenvalue weighted by molar-refractivity contribution is 0.581. The molecule has 0 aliphatic carbocycles. The van der Waals surface area contributed by atoms with Crippen LogP contribution in [0.25, 0.3) is 10.2 Å². The Morgan fingerprint density at radius 1 is 1.33 bits per heavy atom. The lowest BCUT2D eigenvalue weighted by atomic mass is 10.3. The number of anilines is 2. The molecular weight excluding hydrogens is 246 g/mol. The smallest absolute Gasteiger partial charge is 0.228 e. The van der Waals surface area contributed by atoms with Gasteiger partial charge in [-0.25, -0.2) is 4.98 Å². The molecule has 0 amide bonds. The van der Waals surface area contributed by atoms with Gasteiger partial charge in [0.1, 0.15) is 10.6 Å². The van der Waals surface area contributed by atoms with Crippen molar-refractivity contribution in [1.29, 1.82) is 0 Å². The molecule has 1 saturated heterocycles. The molecule has 2 aromatic heterocycles. The molecule has 0 bridgehead atoms. The molecule has 2 N–H and O–H groups in total. The zero-order valence-corrected chi connectivity index (χ0v) is 11.5. The first-order chi connectivity index (χ1) is 8.78. The standard InChI is InChI=1S/C12H17N5S/c1-8-7-9-10(13-2)15-12(16-11(9)18-8)17-5-3-14-4-6-17/h7,14H,3-6H2,1-2H3,(H,13,15,16). The second-order valence-corrected chi connectivity index (χ2v) is 5.67. The van der Waals surface area contributed by atoms with Gasteiger partial charge in [0.25, 0.3) is 0 Å². The normalized spacial score (nSPS) is 16.2. The highest BCUT2D eigenvalue weighted by atomic mass is 32.1. The van der Waals surface area contributed by atoms with Crippen LogP contribution < -0.4 is 15.5 Å². The first-order valence-electron chi connectivity index (χ1n) is 6.19. The van der Waals surface area contributed by atoms with Crippen LogP contribution >= 0.6 is 11.3 Å². The highest BCUT2D eigenvalue weighted by Crippen LogP contribution is 2.30. The maximum absolute atomic E-state index is 4.69. The van der Waals surface area contributed by atoms with E-state index in [0.717, 1.165) is 48.2 Å². The number of thiophene rings is 1. The zero-order chi connectivity index (χ0) is 12.5. The Bertz CT molecular complexity index is 559. The van der Waals surface area contributed by atoms with Crippen LogP contribution in [-0.4, -0.2) is 43.2 Å². The van der Waals surface area contributed by atoms with E-state index in [4.69, 9.17) is 4.98 Å². The number of aromatic nitrogens is 2. The third-order valence-corrected chi connectivity index (χ3v) is 4.09. The number of fused-ring (bicyclic) bond motifs is 1. The molecular formula is C12H17N5S. The van der Waals surface area contributed by atoms with Crippen LogP contribution in [0.5, 0.6) is 0 Å². The predicted molar refractivity (Wildman–Crippen MR) is 76.8 cm³/mol. The minimum atomic E-state index is 0.843. The molecule has 18 heavy (non-hydrogen) atoms. The van der Waals surface area contributed by atoms with E-state index < -0.39 is 0 Å². The first-order valence-corrected chi connectivity index (χ1v) is 7.01. The Labute approximate surface area is 110 Å². The lowest BCUT2D eigenvalue weighted by Crippen LogP contribution is -2.44. The van der Waals surface area contributed by atoms with Crippen LogP contribution in [0.15, 0.2) is 6.07 Å². The highest BCUT2D eigenvalue weighted by molar-refractivity contribution is 7.18. The fourth-order valence-electron chi connectivity index (χ4n) is 2.23. The average Bonchev–Trinajstić information content (AvgIpc) is 2.78. The molecule has 0 saturated carbocycles. The van der Waals surface area contributed by atoms with Gasteiger partial charge in [-0.2, -0.15) is 4.98 Å². The number of hydrogen-bond acceptors (Lipinski definition) is 6. The van der Waals surface area contributed by atoms with Crippen molar-refractivity contribution in [3.8, 4) is 0 Å². The number of hydrogen-bond donors (Lipinski definition) is 2. The van der Waals surface area contributed by atoms with Crippen molar-refractivity contribution in [2.24, 2.45) is 0 Å². The molecule has 0 radical (unpaired) electrons. The Kier molecular flexibility index (Phi) is 3.05. The lowest BCUT2D eigenvalue weighted by Gasteiger charge is -2.27. The van der Waals surface area contributed by atoms with Gasteiger partial charge in [0.05, 0.1) is 5.39 Å². The van der Waals surface area contributed by atoms with Crippen molar-refractivity contribution in [1.82, 2.24) is 15.3 Å². The van der Waals surface area contributed by atoms with Crippen LogP contribution in [-0.2, 0) is 0 Å². The number of nitrogens with zero attached hydrogens (tertiary/aromatic N) is 3. The van der Waals surface area contributed by atoms with Crippen LogP contribution in [0.4, 0.5) is 11.8 Å². The molecule has 2 aromatic rings. The number of piperazine rings is 1. The second-order valence-electron chi connectivity index (χ2n) is 4.44. The quantitative estimate of drug-likeness (QED) is 0.859. The highest BCUT2D eigenvalue weighted by Gasteiger charge is 2.16. The van der Waals surface area contributed by atoms with Crippen molar-refractivity contribution in [2.45, 2.75) is 6.92 Å². The van der Waals surface area contributed by atoms with Gasteiger partial charge in [-0.15, -0.1) is 11.3 Å². The number of aryl methyl sites for hydroxylation is 1. The average molecular weight is 263 g/mol. The minimum absolute atomic E-state index is 0.843. The van der Waals surface area contributed by atoms with Crippen LogP contribution in [0, 0.1) is 6.92 Å². The molecule has 0 aromatic carbocycles. The fraction of sp³-hybridized carbons (Fsp3) is 0.500. The van der Waals surface area contributed by atoms with Gasteiger partial charge in [0, 0.05) is 38.1 Å². The van der Waals surface area contributed by atoms with Gasteiger partial charge in [-0.05, 0) is 13.0 Å². The van der Waals surface area contributed by atoms with Gasteiger partial charge in [0.15, 0.2) is 0 Å². The van der Waals surface area contributed by atoms with E-state index in [2.05, 4.69) is 33.5 Å². The Morgan fingerprint density at radius 2 is 2.11 bits per heavy atom. The topological polar surface area (TPSA) is 53.1 Å². The number of nitrogens with one attached hydrogen (secondary N) is 2. The van der Waals surface area contributed by atoms with E-state index in [0.29, 0.717) is 0 Å². The largest absolute Gasteiger partial charge is 0.372 e.